The Morgan fingerprint density at radius 3 is 1.57 bits per heavy atom. The number of thiophene rings is 1. The van der Waals surface area contributed by atoms with Gasteiger partial charge in [0.15, 0.2) is 0 Å². The second kappa shape index (κ2) is 6.17. The van der Waals surface area contributed by atoms with Crippen molar-refractivity contribution >= 4 is 53.1 Å². The van der Waals surface area contributed by atoms with Crippen LogP contribution in [-0.4, -0.2) is 26.4 Å². The molecule has 0 aliphatic heterocycles. The molecule has 0 spiro atoms. The van der Waals surface area contributed by atoms with E-state index in [1.165, 1.54) is 0 Å². The first-order chi connectivity index (χ1) is 13.7. The van der Waals surface area contributed by atoms with Crippen LogP contribution >= 0.6 is 11.3 Å². The Bertz CT molecular complexity index is 1380. The monoisotopic (exact) mass is 390 g/mol. The van der Waals surface area contributed by atoms with Gasteiger partial charge in [-0.1, -0.05) is 48.5 Å². The molecule has 0 unspecified atom stereocenters. The lowest BCUT2D eigenvalue weighted by atomic mass is 10.00. The summed E-state index contributed by atoms with van der Waals surface area (Å²) in [6, 6.07) is 15.7. The van der Waals surface area contributed by atoms with Crippen molar-refractivity contribution in [1.29, 1.82) is 0 Å². The van der Waals surface area contributed by atoms with Gasteiger partial charge in [-0.05, 0) is 0 Å². The summed E-state index contributed by atoms with van der Waals surface area (Å²) in [5, 5.41) is 16.4. The average Bonchev–Trinajstić information content (AvgIpc) is 3.12. The van der Waals surface area contributed by atoms with E-state index in [2.05, 4.69) is 0 Å². The molecule has 28 heavy (non-hydrogen) atoms. The fourth-order valence-electron chi connectivity index (χ4n) is 4.09. The standard InChI is InChI=1S/C23H18O4S/c1-25-19-14-10-6-7-11-15(14)21(27-3)23-17(19)16-18(24)12-8-4-5-9-13(12)20(26-2)22(16)28-23/h4-11,24H,1-3H3. The second-order valence-electron chi connectivity index (χ2n) is 6.55. The third-order valence-electron chi connectivity index (χ3n) is 5.24. The summed E-state index contributed by atoms with van der Waals surface area (Å²) < 4.78 is 19.3. The summed E-state index contributed by atoms with van der Waals surface area (Å²) in [6.45, 7) is 0. The highest BCUT2D eigenvalue weighted by atomic mass is 32.1. The van der Waals surface area contributed by atoms with E-state index in [0.29, 0.717) is 0 Å². The van der Waals surface area contributed by atoms with Crippen molar-refractivity contribution in [3.8, 4) is 23.0 Å². The molecule has 0 fully saturated rings. The van der Waals surface area contributed by atoms with Crippen molar-refractivity contribution in [2.45, 2.75) is 0 Å². The predicted octanol–water partition coefficient (Wildman–Crippen LogP) is 6.09. The largest absolute Gasteiger partial charge is 0.507 e. The van der Waals surface area contributed by atoms with Gasteiger partial charge in [-0.15, -0.1) is 11.3 Å². The molecule has 0 amide bonds. The molecule has 0 aliphatic carbocycles. The van der Waals surface area contributed by atoms with E-state index in [-0.39, 0.29) is 5.75 Å². The number of rotatable bonds is 3. The minimum atomic E-state index is 0.230. The van der Waals surface area contributed by atoms with Crippen molar-refractivity contribution in [2.75, 3.05) is 21.3 Å². The summed E-state index contributed by atoms with van der Waals surface area (Å²) >= 11 is 1.55. The van der Waals surface area contributed by atoms with E-state index in [4.69, 9.17) is 14.2 Å². The smallest absolute Gasteiger partial charge is 0.144 e. The lowest BCUT2D eigenvalue weighted by Crippen LogP contribution is -1.91. The molecule has 5 rings (SSSR count). The summed E-state index contributed by atoms with van der Waals surface area (Å²) in [5.74, 6) is 2.48. The van der Waals surface area contributed by atoms with E-state index in [9.17, 15) is 5.11 Å². The van der Waals surface area contributed by atoms with Crippen molar-refractivity contribution in [2.24, 2.45) is 0 Å². The molecule has 5 aromatic rings. The van der Waals surface area contributed by atoms with E-state index in [1.807, 2.05) is 48.5 Å². The molecule has 0 bridgehead atoms. The molecular formula is C23H18O4S. The molecular weight excluding hydrogens is 372 g/mol. The number of hydrogen-bond acceptors (Lipinski definition) is 5. The van der Waals surface area contributed by atoms with Crippen LogP contribution in [0, 0.1) is 0 Å². The number of phenols is 1. The van der Waals surface area contributed by atoms with Crippen LogP contribution in [0.15, 0.2) is 48.5 Å². The molecule has 140 valence electrons. The van der Waals surface area contributed by atoms with Crippen molar-refractivity contribution in [1.82, 2.24) is 0 Å². The number of benzene rings is 4. The van der Waals surface area contributed by atoms with Gasteiger partial charge in [-0.25, -0.2) is 0 Å². The zero-order valence-electron chi connectivity index (χ0n) is 15.7. The maximum atomic E-state index is 11.2. The summed E-state index contributed by atoms with van der Waals surface area (Å²) in [6.07, 6.45) is 0. The zero-order chi connectivity index (χ0) is 19.4. The van der Waals surface area contributed by atoms with E-state index >= 15 is 0 Å². The van der Waals surface area contributed by atoms with Crippen LogP contribution in [0.3, 0.4) is 0 Å². The molecule has 1 N–H and O–H groups in total. The highest BCUT2D eigenvalue weighted by Crippen LogP contribution is 2.55. The van der Waals surface area contributed by atoms with Gasteiger partial charge in [0.2, 0.25) is 0 Å². The second-order valence-corrected chi connectivity index (χ2v) is 7.57. The van der Waals surface area contributed by atoms with Crippen molar-refractivity contribution in [3.63, 3.8) is 0 Å². The lowest BCUT2D eigenvalue weighted by Gasteiger charge is -2.13. The number of fused-ring (bicyclic) bond motifs is 5. The molecule has 0 atom stereocenters. The first kappa shape index (κ1) is 17.0. The summed E-state index contributed by atoms with van der Waals surface area (Å²) in [7, 11) is 4.99. The number of phenolic OH excluding ortho intramolecular Hbond substituents is 1. The van der Waals surface area contributed by atoms with Crippen molar-refractivity contribution in [3.05, 3.63) is 48.5 Å². The first-order valence-corrected chi connectivity index (χ1v) is 9.69. The van der Waals surface area contributed by atoms with Gasteiger partial charge in [0.05, 0.1) is 41.5 Å². The maximum Gasteiger partial charge on any atom is 0.144 e. The first-order valence-electron chi connectivity index (χ1n) is 8.87. The topological polar surface area (TPSA) is 47.9 Å². The maximum absolute atomic E-state index is 11.2. The molecule has 0 aliphatic rings. The van der Waals surface area contributed by atoms with Gasteiger partial charge in [-0.3, -0.25) is 0 Å². The fourth-order valence-corrected chi connectivity index (χ4v) is 5.47. The van der Waals surface area contributed by atoms with Crippen LogP contribution in [0.5, 0.6) is 23.0 Å². The van der Waals surface area contributed by atoms with Gasteiger partial charge in [0.25, 0.3) is 0 Å². The number of hydrogen-bond donors (Lipinski definition) is 1. The number of methoxy groups -OCH3 is 3. The Hall–Kier alpha value is -3.18. The van der Waals surface area contributed by atoms with E-state index in [0.717, 1.165) is 59.0 Å². The van der Waals surface area contributed by atoms with Crippen LogP contribution in [-0.2, 0) is 0 Å². The van der Waals surface area contributed by atoms with Crippen LogP contribution < -0.4 is 14.2 Å². The minimum absolute atomic E-state index is 0.230. The third kappa shape index (κ3) is 2.05. The zero-order valence-corrected chi connectivity index (χ0v) is 16.5. The molecule has 0 radical (unpaired) electrons. The normalized spacial score (nSPS) is 11.5. The average molecular weight is 390 g/mol. The molecule has 4 aromatic carbocycles. The van der Waals surface area contributed by atoms with Crippen LogP contribution in [0.2, 0.25) is 0 Å². The Morgan fingerprint density at radius 1 is 0.607 bits per heavy atom. The van der Waals surface area contributed by atoms with Gasteiger partial charge >= 0.3 is 0 Å². The molecule has 1 aromatic heterocycles. The molecule has 0 saturated heterocycles. The molecule has 0 saturated carbocycles. The van der Waals surface area contributed by atoms with Gasteiger partial charge < -0.3 is 19.3 Å². The Kier molecular flexibility index (Phi) is 3.74. The van der Waals surface area contributed by atoms with Gasteiger partial charge in [0.1, 0.15) is 23.0 Å². The number of aromatic hydroxyl groups is 1. The Labute approximate surface area is 165 Å². The Morgan fingerprint density at radius 2 is 1.04 bits per heavy atom. The summed E-state index contributed by atoms with van der Waals surface area (Å²) in [4.78, 5) is 0. The SMILES string of the molecule is COc1c2ccccc2c(O)c2c1sc1c(OC)c3ccccc3c(OC)c12. The summed E-state index contributed by atoms with van der Waals surface area (Å²) in [5.41, 5.74) is 0. The highest BCUT2D eigenvalue weighted by molar-refractivity contribution is 7.27. The molecule has 5 heteroatoms. The highest BCUT2D eigenvalue weighted by Gasteiger charge is 2.25. The Balaban J connectivity index is 2.16. The van der Waals surface area contributed by atoms with Crippen molar-refractivity contribution < 1.29 is 19.3 Å². The van der Waals surface area contributed by atoms with Crippen LogP contribution in [0.25, 0.3) is 41.7 Å². The molecule has 4 nitrogen and oxygen atoms in total. The fraction of sp³-hybridized carbons (Fsp3) is 0.130. The van der Waals surface area contributed by atoms with Crippen LogP contribution in [0.1, 0.15) is 0 Å². The van der Waals surface area contributed by atoms with E-state index in [1.54, 1.807) is 32.7 Å². The quantitative estimate of drug-likeness (QED) is 0.405. The van der Waals surface area contributed by atoms with Crippen LogP contribution in [0.4, 0.5) is 0 Å². The number of ether oxygens (including phenoxy) is 3. The van der Waals surface area contributed by atoms with E-state index < -0.39 is 0 Å². The van der Waals surface area contributed by atoms with Gasteiger partial charge in [-0.2, -0.15) is 0 Å². The molecule has 1 heterocycles. The van der Waals surface area contributed by atoms with Gasteiger partial charge in [0, 0.05) is 21.5 Å². The third-order valence-corrected chi connectivity index (χ3v) is 6.43. The minimum Gasteiger partial charge on any atom is -0.507 e. The predicted molar refractivity (Wildman–Crippen MR) is 116 cm³/mol. The lowest BCUT2D eigenvalue weighted by molar-refractivity contribution is 0.418.